The Morgan fingerprint density at radius 1 is 1.44 bits per heavy atom. The van der Waals surface area contributed by atoms with E-state index in [1.165, 1.54) is 10.7 Å². The summed E-state index contributed by atoms with van der Waals surface area (Å²) in [5, 5.41) is 10.3. The zero-order chi connectivity index (χ0) is 11.1. The summed E-state index contributed by atoms with van der Waals surface area (Å²) in [4.78, 5) is 15.3. The van der Waals surface area contributed by atoms with Crippen LogP contribution in [0.25, 0.3) is 11.5 Å². The van der Waals surface area contributed by atoms with Gasteiger partial charge in [0, 0.05) is 12.3 Å². The van der Waals surface area contributed by atoms with Crippen molar-refractivity contribution in [1.29, 1.82) is 0 Å². The highest BCUT2D eigenvalue weighted by Crippen LogP contribution is 2.07. The van der Waals surface area contributed by atoms with E-state index in [2.05, 4.69) is 42.9 Å². The standard InChI is InChI=1S/C8H5IN6O/c9-5-2-11-15(3-5)6-1-7-12-13-8(16)14(7)4-10-6/h1-4H,(H,13,16). The molecule has 3 aromatic heterocycles. The third-order valence-electron chi connectivity index (χ3n) is 2.08. The molecule has 0 aliphatic rings. The predicted octanol–water partition coefficient (Wildman–Crippen LogP) is 0.208. The molecule has 0 saturated heterocycles. The van der Waals surface area contributed by atoms with Crippen molar-refractivity contribution in [3.8, 4) is 5.82 Å². The molecule has 0 aliphatic carbocycles. The van der Waals surface area contributed by atoms with Crippen molar-refractivity contribution in [2.45, 2.75) is 0 Å². The second-order valence-corrected chi connectivity index (χ2v) is 4.35. The molecule has 8 heteroatoms. The third kappa shape index (κ3) is 1.41. The molecule has 0 atom stereocenters. The van der Waals surface area contributed by atoms with Gasteiger partial charge in [0.1, 0.15) is 6.33 Å². The van der Waals surface area contributed by atoms with Gasteiger partial charge < -0.3 is 0 Å². The number of nitrogens with zero attached hydrogens (tertiary/aromatic N) is 5. The maximum Gasteiger partial charge on any atom is 0.348 e. The molecule has 0 aromatic carbocycles. The van der Waals surface area contributed by atoms with Crippen molar-refractivity contribution in [3.05, 3.63) is 38.8 Å². The Bertz CT molecular complexity index is 710. The van der Waals surface area contributed by atoms with E-state index in [1.807, 2.05) is 6.20 Å². The summed E-state index contributed by atoms with van der Waals surface area (Å²) in [6.45, 7) is 0. The van der Waals surface area contributed by atoms with Gasteiger partial charge in [-0.3, -0.25) is 0 Å². The van der Waals surface area contributed by atoms with Gasteiger partial charge in [0.05, 0.1) is 9.77 Å². The van der Waals surface area contributed by atoms with Crippen molar-refractivity contribution < 1.29 is 0 Å². The van der Waals surface area contributed by atoms with E-state index < -0.39 is 0 Å². The van der Waals surface area contributed by atoms with Gasteiger partial charge in [-0.15, -0.1) is 0 Å². The van der Waals surface area contributed by atoms with Crippen LogP contribution in [0.1, 0.15) is 0 Å². The van der Waals surface area contributed by atoms with E-state index in [4.69, 9.17) is 0 Å². The summed E-state index contributed by atoms with van der Waals surface area (Å²) < 4.78 is 3.97. The molecular weight excluding hydrogens is 323 g/mol. The highest BCUT2D eigenvalue weighted by Gasteiger charge is 2.04. The minimum absolute atomic E-state index is 0.302. The summed E-state index contributed by atoms with van der Waals surface area (Å²) in [7, 11) is 0. The van der Waals surface area contributed by atoms with Crippen LogP contribution >= 0.6 is 22.6 Å². The van der Waals surface area contributed by atoms with Crippen LogP contribution in [0, 0.1) is 3.57 Å². The molecule has 0 fully saturated rings. The van der Waals surface area contributed by atoms with Crippen LogP contribution in [0.2, 0.25) is 0 Å². The van der Waals surface area contributed by atoms with Crippen molar-refractivity contribution in [2.75, 3.05) is 0 Å². The molecule has 7 nitrogen and oxygen atoms in total. The van der Waals surface area contributed by atoms with Crippen molar-refractivity contribution >= 4 is 28.2 Å². The number of aromatic nitrogens is 6. The molecule has 3 heterocycles. The normalized spacial score (nSPS) is 11.1. The fourth-order valence-electron chi connectivity index (χ4n) is 1.35. The highest BCUT2D eigenvalue weighted by atomic mass is 127. The Kier molecular flexibility index (Phi) is 2.02. The lowest BCUT2D eigenvalue weighted by Gasteiger charge is -1.98. The lowest BCUT2D eigenvalue weighted by molar-refractivity contribution is 0.834. The number of nitrogens with one attached hydrogen (secondary N) is 1. The number of hydrogen-bond donors (Lipinski definition) is 1. The van der Waals surface area contributed by atoms with E-state index in [9.17, 15) is 4.79 Å². The van der Waals surface area contributed by atoms with Gasteiger partial charge in [-0.1, -0.05) is 0 Å². The topological polar surface area (TPSA) is 80.9 Å². The molecule has 3 aromatic rings. The number of hydrogen-bond acceptors (Lipinski definition) is 4. The van der Waals surface area contributed by atoms with E-state index in [-0.39, 0.29) is 5.69 Å². The van der Waals surface area contributed by atoms with Crippen LogP contribution in [0.5, 0.6) is 0 Å². The molecule has 0 amide bonds. The maximum atomic E-state index is 11.2. The fraction of sp³-hybridized carbons (Fsp3) is 0. The highest BCUT2D eigenvalue weighted by molar-refractivity contribution is 14.1. The Balaban J connectivity index is 2.22. The third-order valence-corrected chi connectivity index (χ3v) is 2.64. The molecule has 0 radical (unpaired) electrons. The van der Waals surface area contributed by atoms with Gasteiger partial charge in [0.15, 0.2) is 11.5 Å². The first kappa shape index (κ1) is 9.51. The molecule has 0 bridgehead atoms. The Labute approximate surface area is 102 Å². The van der Waals surface area contributed by atoms with Gasteiger partial charge in [-0.25, -0.2) is 24.0 Å². The molecular formula is C8H5IN6O. The summed E-state index contributed by atoms with van der Waals surface area (Å²) in [6.07, 6.45) is 4.98. The van der Waals surface area contributed by atoms with E-state index in [0.717, 1.165) is 3.57 Å². The van der Waals surface area contributed by atoms with Crippen LogP contribution < -0.4 is 5.69 Å². The molecule has 3 rings (SSSR count). The molecule has 80 valence electrons. The number of aromatic amines is 1. The van der Waals surface area contributed by atoms with Gasteiger partial charge in [-0.2, -0.15) is 10.2 Å². The van der Waals surface area contributed by atoms with E-state index >= 15 is 0 Å². The Morgan fingerprint density at radius 3 is 3.06 bits per heavy atom. The lowest BCUT2D eigenvalue weighted by Crippen LogP contribution is -2.10. The van der Waals surface area contributed by atoms with Crippen LogP contribution in [-0.4, -0.2) is 29.4 Å². The minimum Gasteiger partial charge on any atom is -0.246 e. The molecule has 0 spiro atoms. The Hall–Kier alpha value is -1.71. The van der Waals surface area contributed by atoms with Gasteiger partial charge in [-0.05, 0) is 22.6 Å². The quantitative estimate of drug-likeness (QED) is 0.648. The molecule has 0 aliphatic heterocycles. The maximum absolute atomic E-state index is 11.2. The Morgan fingerprint density at radius 2 is 2.31 bits per heavy atom. The number of fused-ring (bicyclic) bond motifs is 1. The van der Waals surface area contributed by atoms with Crippen LogP contribution in [0.3, 0.4) is 0 Å². The van der Waals surface area contributed by atoms with E-state index in [0.29, 0.717) is 11.5 Å². The number of halogens is 1. The van der Waals surface area contributed by atoms with Gasteiger partial charge >= 0.3 is 5.69 Å². The summed E-state index contributed by atoms with van der Waals surface area (Å²) in [5.41, 5.74) is 0.213. The van der Waals surface area contributed by atoms with Crippen LogP contribution in [0.15, 0.2) is 29.6 Å². The van der Waals surface area contributed by atoms with Gasteiger partial charge in [0.2, 0.25) is 0 Å². The van der Waals surface area contributed by atoms with Gasteiger partial charge in [0.25, 0.3) is 0 Å². The number of H-pyrrole nitrogens is 1. The first-order valence-electron chi connectivity index (χ1n) is 4.37. The monoisotopic (exact) mass is 328 g/mol. The minimum atomic E-state index is -0.302. The second-order valence-electron chi connectivity index (χ2n) is 3.11. The summed E-state index contributed by atoms with van der Waals surface area (Å²) in [5.74, 6) is 0.620. The zero-order valence-electron chi connectivity index (χ0n) is 7.83. The second kappa shape index (κ2) is 3.40. The van der Waals surface area contributed by atoms with Crippen LogP contribution in [0.4, 0.5) is 0 Å². The van der Waals surface area contributed by atoms with Crippen molar-refractivity contribution in [1.82, 2.24) is 29.4 Å². The average molecular weight is 328 g/mol. The fourth-order valence-corrected chi connectivity index (χ4v) is 1.74. The zero-order valence-corrected chi connectivity index (χ0v) is 9.99. The number of rotatable bonds is 1. The van der Waals surface area contributed by atoms with E-state index in [1.54, 1.807) is 16.9 Å². The summed E-state index contributed by atoms with van der Waals surface area (Å²) in [6, 6.07) is 1.68. The SMILES string of the molecule is O=c1[nH]nc2cc(-n3cc(I)cn3)ncn12. The largest absolute Gasteiger partial charge is 0.348 e. The predicted molar refractivity (Wildman–Crippen MR) is 63.4 cm³/mol. The van der Waals surface area contributed by atoms with Crippen molar-refractivity contribution in [3.63, 3.8) is 0 Å². The first-order valence-corrected chi connectivity index (χ1v) is 5.45. The molecule has 1 N–H and O–H groups in total. The van der Waals surface area contributed by atoms with Crippen LogP contribution in [-0.2, 0) is 0 Å². The summed E-state index contributed by atoms with van der Waals surface area (Å²) >= 11 is 2.16. The molecule has 0 saturated carbocycles. The molecule has 0 unspecified atom stereocenters. The molecule has 16 heavy (non-hydrogen) atoms. The lowest BCUT2D eigenvalue weighted by atomic mass is 10.5. The van der Waals surface area contributed by atoms with Crippen molar-refractivity contribution in [2.24, 2.45) is 0 Å². The first-order chi connectivity index (χ1) is 7.74. The average Bonchev–Trinajstić information content (AvgIpc) is 2.86. The smallest absolute Gasteiger partial charge is 0.246 e.